The molecule has 0 aliphatic carbocycles. The summed E-state index contributed by atoms with van der Waals surface area (Å²) in [6.45, 7) is 0.717. The highest BCUT2D eigenvalue weighted by Crippen LogP contribution is 2.07. The number of esters is 1. The lowest BCUT2D eigenvalue weighted by Crippen LogP contribution is -2.13. The Hall–Kier alpha value is -1.59. The maximum Gasteiger partial charge on any atom is 0.310 e. The molecule has 0 saturated heterocycles. The third kappa shape index (κ3) is 5.89. The molecule has 0 bridgehead atoms. The van der Waals surface area contributed by atoms with Crippen molar-refractivity contribution in [1.82, 2.24) is 0 Å². The minimum atomic E-state index is -0.316. The Morgan fingerprint density at radius 2 is 2.12 bits per heavy atom. The van der Waals surface area contributed by atoms with E-state index in [0.29, 0.717) is 12.3 Å². The normalized spacial score (nSPS) is 10.2. The zero-order chi connectivity index (χ0) is 12.5. The average Bonchev–Trinajstić information content (AvgIpc) is 2.29. The molecular formula is C12H17NO4. The highest BCUT2D eigenvalue weighted by molar-refractivity contribution is 5.72. The van der Waals surface area contributed by atoms with Gasteiger partial charge in [-0.15, -0.1) is 0 Å². The van der Waals surface area contributed by atoms with Crippen LogP contribution in [-0.2, 0) is 20.7 Å². The second kappa shape index (κ2) is 7.65. The fourth-order valence-corrected chi connectivity index (χ4v) is 1.30. The molecule has 0 saturated carbocycles. The highest BCUT2D eigenvalue weighted by Gasteiger charge is 2.04. The first-order valence-electron chi connectivity index (χ1n) is 5.41. The lowest BCUT2D eigenvalue weighted by Gasteiger charge is -2.05. The van der Waals surface area contributed by atoms with Crippen LogP contribution < -0.4 is 5.73 Å². The average molecular weight is 239 g/mol. The number of aliphatic hydroxyl groups is 1. The van der Waals surface area contributed by atoms with Crippen LogP contribution in [-0.4, -0.2) is 37.5 Å². The summed E-state index contributed by atoms with van der Waals surface area (Å²) in [5.74, 6) is -0.316. The van der Waals surface area contributed by atoms with Gasteiger partial charge in [0.1, 0.15) is 6.61 Å². The summed E-state index contributed by atoms with van der Waals surface area (Å²) in [6.07, 6.45) is 0.199. The Balaban J connectivity index is 2.21. The van der Waals surface area contributed by atoms with Gasteiger partial charge in [0.15, 0.2) is 0 Å². The lowest BCUT2D eigenvalue weighted by molar-refractivity contribution is -0.144. The van der Waals surface area contributed by atoms with Crippen molar-refractivity contribution in [2.24, 2.45) is 0 Å². The van der Waals surface area contributed by atoms with Crippen LogP contribution in [0.25, 0.3) is 0 Å². The second-order valence-corrected chi connectivity index (χ2v) is 3.48. The fraction of sp³-hybridized carbons (Fsp3) is 0.417. The molecule has 5 heteroatoms. The summed E-state index contributed by atoms with van der Waals surface area (Å²) in [5.41, 5.74) is 7.05. The number of carbonyl (C=O) groups is 1. The third-order valence-corrected chi connectivity index (χ3v) is 2.03. The van der Waals surface area contributed by atoms with Gasteiger partial charge in [0.25, 0.3) is 0 Å². The molecule has 0 atom stereocenters. The Bertz CT molecular complexity index is 354. The number of nitrogen functional groups attached to an aromatic ring is 1. The van der Waals surface area contributed by atoms with E-state index >= 15 is 0 Å². The first-order valence-corrected chi connectivity index (χ1v) is 5.41. The van der Waals surface area contributed by atoms with Crippen molar-refractivity contribution in [2.45, 2.75) is 6.42 Å². The predicted octanol–water partition coefficient (Wildman–Crippen LogP) is 0.363. The van der Waals surface area contributed by atoms with Crippen LogP contribution in [0.15, 0.2) is 24.3 Å². The van der Waals surface area contributed by atoms with Crippen LogP contribution in [0.2, 0.25) is 0 Å². The van der Waals surface area contributed by atoms with Crippen LogP contribution in [0.5, 0.6) is 0 Å². The zero-order valence-corrected chi connectivity index (χ0v) is 9.59. The van der Waals surface area contributed by atoms with Crippen molar-refractivity contribution in [2.75, 3.05) is 32.2 Å². The predicted molar refractivity (Wildman–Crippen MR) is 63.4 cm³/mol. The number of nitrogens with two attached hydrogens (primary N) is 1. The molecule has 1 aromatic carbocycles. The van der Waals surface area contributed by atoms with Gasteiger partial charge >= 0.3 is 5.97 Å². The van der Waals surface area contributed by atoms with Crippen molar-refractivity contribution in [3.63, 3.8) is 0 Å². The van der Waals surface area contributed by atoms with Crippen LogP contribution in [0.3, 0.4) is 0 Å². The molecule has 1 rings (SSSR count). The van der Waals surface area contributed by atoms with Gasteiger partial charge in [-0.05, 0) is 17.7 Å². The van der Waals surface area contributed by atoms with Gasteiger partial charge in [-0.1, -0.05) is 12.1 Å². The molecule has 0 aromatic heterocycles. The molecule has 0 heterocycles. The van der Waals surface area contributed by atoms with E-state index in [4.69, 9.17) is 20.3 Å². The Morgan fingerprint density at radius 1 is 1.29 bits per heavy atom. The summed E-state index contributed by atoms with van der Waals surface area (Å²) < 4.78 is 9.90. The van der Waals surface area contributed by atoms with Gasteiger partial charge in [-0.2, -0.15) is 0 Å². The van der Waals surface area contributed by atoms with Gasteiger partial charge in [0.05, 0.1) is 26.2 Å². The van der Waals surface area contributed by atoms with Crippen LogP contribution >= 0.6 is 0 Å². The summed E-state index contributed by atoms with van der Waals surface area (Å²) >= 11 is 0. The lowest BCUT2D eigenvalue weighted by atomic mass is 10.1. The van der Waals surface area contributed by atoms with Crippen molar-refractivity contribution in [3.8, 4) is 0 Å². The number of anilines is 1. The fourth-order valence-electron chi connectivity index (χ4n) is 1.30. The summed E-state index contributed by atoms with van der Waals surface area (Å²) in [4.78, 5) is 11.4. The van der Waals surface area contributed by atoms with E-state index in [9.17, 15) is 4.79 Å². The van der Waals surface area contributed by atoms with Gasteiger partial charge in [0, 0.05) is 5.69 Å². The number of benzene rings is 1. The maximum atomic E-state index is 11.4. The zero-order valence-electron chi connectivity index (χ0n) is 9.59. The summed E-state index contributed by atoms with van der Waals surface area (Å²) in [7, 11) is 0. The van der Waals surface area contributed by atoms with E-state index in [1.165, 1.54) is 0 Å². The smallest absolute Gasteiger partial charge is 0.310 e. The molecule has 0 spiro atoms. The molecule has 94 valence electrons. The molecule has 17 heavy (non-hydrogen) atoms. The number of carbonyl (C=O) groups excluding carboxylic acids is 1. The van der Waals surface area contributed by atoms with E-state index in [0.717, 1.165) is 5.56 Å². The minimum absolute atomic E-state index is 0.0305. The summed E-state index contributed by atoms with van der Waals surface area (Å²) in [5, 5.41) is 8.45. The van der Waals surface area contributed by atoms with Gasteiger partial charge < -0.3 is 20.3 Å². The third-order valence-electron chi connectivity index (χ3n) is 2.03. The minimum Gasteiger partial charge on any atom is -0.463 e. The topological polar surface area (TPSA) is 81.8 Å². The molecule has 0 aliphatic heterocycles. The Morgan fingerprint density at radius 3 is 2.82 bits per heavy atom. The Kier molecular flexibility index (Phi) is 6.06. The molecule has 0 aliphatic rings. The molecule has 1 aromatic rings. The molecule has 0 unspecified atom stereocenters. The molecular weight excluding hydrogens is 222 g/mol. The van der Waals surface area contributed by atoms with Crippen molar-refractivity contribution < 1.29 is 19.4 Å². The largest absolute Gasteiger partial charge is 0.463 e. The van der Waals surface area contributed by atoms with Gasteiger partial charge in [0.2, 0.25) is 0 Å². The number of ether oxygens (including phenoxy) is 2. The van der Waals surface area contributed by atoms with Crippen LogP contribution in [0, 0.1) is 0 Å². The van der Waals surface area contributed by atoms with E-state index in [-0.39, 0.29) is 32.2 Å². The molecule has 0 radical (unpaired) electrons. The number of hydrogen-bond acceptors (Lipinski definition) is 5. The van der Waals surface area contributed by atoms with E-state index < -0.39 is 0 Å². The first kappa shape index (κ1) is 13.5. The molecule has 0 fully saturated rings. The number of rotatable bonds is 7. The van der Waals surface area contributed by atoms with Crippen molar-refractivity contribution >= 4 is 11.7 Å². The monoisotopic (exact) mass is 239 g/mol. The highest BCUT2D eigenvalue weighted by atomic mass is 16.6. The van der Waals surface area contributed by atoms with E-state index in [1.807, 2.05) is 6.07 Å². The molecule has 0 amide bonds. The van der Waals surface area contributed by atoms with Crippen LogP contribution in [0.4, 0.5) is 5.69 Å². The van der Waals surface area contributed by atoms with Crippen molar-refractivity contribution in [1.29, 1.82) is 0 Å². The summed E-state index contributed by atoms with van der Waals surface area (Å²) in [6, 6.07) is 7.11. The standard InChI is InChI=1S/C12H17NO4/c13-11-3-1-2-10(8-11)9-12(15)17-7-6-16-5-4-14/h1-3,8,14H,4-7,9,13H2. The van der Waals surface area contributed by atoms with E-state index in [1.54, 1.807) is 18.2 Å². The number of hydrogen-bond donors (Lipinski definition) is 2. The van der Waals surface area contributed by atoms with Gasteiger partial charge in [-0.3, -0.25) is 4.79 Å². The number of aliphatic hydroxyl groups excluding tert-OH is 1. The van der Waals surface area contributed by atoms with Crippen LogP contribution in [0.1, 0.15) is 5.56 Å². The van der Waals surface area contributed by atoms with Crippen molar-refractivity contribution in [3.05, 3.63) is 29.8 Å². The SMILES string of the molecule is Nc1cccc(CC(=O)OCCOCCO)c1. The quantitative estimate of drug-likeness (QED) is 0.408. The van der Waals surface area contributed by atoms with Gasteiger partial charge in [-0.25, -0.2) is 0 Å². The molecule has 5 nitrogen and oxygen atoms in total. The van der Waals surface area contributed by atoms with E-state index in [2.05, 4.69) is 0 Å². The molecule has 3 N–H and O–H groups in total. The maximum absolute atomic E-state index is 11.4. The first-order chi connectivity index (χ1) is 8.22. The Labute approximate surface area is 100 Å². The second-order valence-electron chi connectivity index (χ2n) is 3.48.